The fraction of sp³-hybridized carbons (Fsp3) is 0.200. The summed E-state index contributed by atoms with van der Waals surface area (Å²) in [4.78, 5) is 0. The number of hydrogen-bond donors (Lipinski definition) is 0. The molecule has 0 N–H and O–H groups in total. The summed E-state index contributed by atoms with van der Waals surface area (Å²) in [6, 6.07) is 11.4. The molecule has 0 atom stereocenters. The molecule has 0 unspecified atom stereocenters. The van der Waals surface area contributed by atoms with Gasteiger partial charge in [0, 0.05) is 21.1 Å². The van der Waals surface area contributed by atoms with Gasteiger partial charge in [0.05, 0.1) is 0 Å². The average Bonchev–Trinajstić information content (AvgIpc) is 3.11. The maximum Gasteiger partial charge on any atom is 0.0352 e. The summed E-state index contributed by atoms with van der Waals surface area (Å²) in [5.41, 5.74) is 8.95. The van der Waals surface area contributed by atoms with Crippen molar-refractivity contribution in [2.45, 2.75) is 25.7 Å². The fourth-order valence-corrected chi connectivity index (χ4v) is 5.09. The van der Waals surface area contributed by atoms with Crippen LogP contribution in [0.1, 0.15) is 36.1 Å². The molecule has 0 spiro atoms. The van der Waals surface area contributed by atoms with Crippen molar-refractivity contribution in [3.8, 4) is 11.1 Å². The molecule has 0 fully saturated rings. The second kappa shape index (κ2) is 3.66. The van der Waals surface area contributed by atoms with Gasteiger partial charge < -0.3 is 0 Å². The molecule has 1 aromatic heterocycles. The zero-order valence-electron chi connectivity index (χ0n) is 12.2. The highest BCUT2D eigenvalue weighted by Crippen LogP contribution is 2.52. The van der Waals surface area contributed by atoms with Crippen LogP contribution < -0.4 is 0 Å². The summed E-state index contributed by atoms with van der Waals surface area (Å²) in [6.45, 7) is 4.74. The summed E-state index contributed by atoms with van der Waals surface area (Å²) in [5.74, 6) is 0. The molecule has 0 radical (unpaired) electrons. The fourth-order valence-electron chi connectivity index (χ4n) is 4.11. The molecule has 5 rings (SSSR count). The van der Waals surface area contributed by atoms with E-state index in [4.69, 9.17) is 0 Å². The molecule has 0 aliphatic heterocycles. The van der Waals surface area contributed by atoms with E-state index >= 15 is 0 Å². The van der Waals surface area contributed by atoms with Crippen LogP contribution in [0.3, 0.4) is 0 Å². The van der Waals surface area contributed by atoms with Gasteiger partial charge in [-0.05, 0) is 45.7 Å². The minimum Gasteiger partial charge on any atom is -0.143 e. The zero-order valence-corrected chi connectivity index (χ0v) is 13.1. The predicted molar refractivity (Wildman–Crippen MR) is 92.1 cm³/mol. The van der Waals surface area contributed by atoms with Gasteiger partial charge in [0.15, 0.2) is 0 Å². The van der Waals surface area contributed by atoms with Crippen LogP contribution >= 0.6 is 11.3 Å². The van der Waals surface area contributed by atoms with Crippen LogP contribution in [-0.4, -0.2) is 0 Å². The molecule has 21 heavy (non-hydrogen) atoms. The number of hydrogen-bond acceptors (Lipinski definition) is 1. The quantitative estimate of drug-likeness (QED) is 0.492. The van der Waals surface area contributed by atoms with Gasteiger partial charge in [-0.2, -0.15) is 0 Å². The predicted octanol–water partition coefficient (Wildman–Crippen LogP) is 5.78. The Hall–Kier alpha value is -1.86. The average molecular weight is 288 g/mol. The molecular formula is C20H16S. The van der Waals surface area contributed by atoms with E-state index < -0.39 is 0 Å². The standard InChI is InChI=1S/C20H16S/c1-20(2)15-7-4-8-17-19(15)14(11-21-17)18-13-6-3-5-12(13)9-10-16(18)20/h3-5,7-11H,6H2,1-2H3. The topological polar surface area (TPSA) is 0 Å². The molecule has 1 heterocycles. The highest BCUT2D eigenvalue weighted by atomic mass is 32.1. The van der Waals surface area contributed by atoms with Crippen molar-refractivity contribution >= 4 is 27.5 Å². The first-order valence-corrected chi connectivity index (χ1v) is 8.40. The summed E-state index contributed by atoms with van der Waals surface area (Å²) < 4.78 is 1.42. The molecule has 0 saturated heterocycles. The highest BCUT2D eigenvalue weighted by molar-refractivity contribution is 7.17. The zero-order chi connectivity index (χ0) is 14.2. The van der Waals surface area contributed by atoms with Crippen molar-refractivity contribution in [2.24, 2.45) is 0 Å². The monoisotopic (exact) mass is 288 g/mol. The Morgan fingerprint density at radius 2 is 1.95 bits per heavy atom. The van der Waals surface area contributed by atoms with Crippen LogP contribution in [0.2, 0.25) is 0 Å². The lowest BCUT2D eigenvalue weighted by Gasteiger charge is -2.34. The highest BCUT2D eigenvalue weighted by Gasteiger charge is 2.35. The van der Waals surface area contributed by atoms with Crippen LogP contribution in [-0.2, 0) is 11.8 Å². The number of thiophene rings is 1. The molecule has 0 nitrogen and oxygen atoms in total. The van der Waals surface area contributed by atoms with Gasteiger partial charge in [0.1, 0.15) is 0 Å². The minimum absolute atomic E-state index is 0.0839. The second-order valence-electron chi connectivity index (χ2n) is 6.62. The number of rotatable bonds is 0. The Kier molecular flexibility index (Phi) is 2.05. The van der Waals surface area contributed by atoms with Crippen LogP contribution in [0.4, 0.5) is 0 Å². The third kappa shape index (κ3) is 1.31. The van der Waals surface area contributed by atoms with E-state index in [0.717, 1.165) is 6.42 Å². The summed E-state index contributed by atoms with van der Waals surface area (Å²) >= 11 is 1.88. The van der Waals surface area contributed by atoms with Crippen LogP contribution in [0.5, 0.6) is 0 Å². The largest absolute Gasteiger partial charge is 0.143 e. The second-order valence-corrected chi connectivity index (χ2v) is 7.53. The molecule has 102 valence electrons. The van der Waals surface area contributed by atoms with Crippen LogP contribution in [0.25, 0.3) is 27.3 Å². The van der Waals surface area contributed by atoms with Crippen LogP contribution in [0, 0.1) is 0 Å². The van der Waals surface area contributed by atoms with Gasteiger partial charge in [0.2, 0.25) is 0 Å². The van der Waals surface area contributed by atoms with Crippen LogP contribution in [0.15, 0.2) is 41.8 Å². The molecular weight excluding hydrogens is 272 g/mol. The lowest BCUT2D eigenvalue weighted by molar-refractivity contribution is 0.644. The Balaban J connectivity index is 2.02. The van der Waals surface area contributed by atoms with Gasteiger partial charge in [-0.15, -0.1) is 11.3 Å². The van der Waals surface area contributed by atoms with E-state index in [2.05, 4.69) is 61.7 Å². The molecule has 0 saturated carbocycles. The lowest BCUT2D eigenvalue weighted by atomic mass is 9.68. The summed E-state index contributed by atoms with van der Waals surface area (Å²) in [6.07, 6.45) is 5.64. The number of allylic oxidation sites excluding steroid dienone is 1. The SMILES string of the molecule is CC1(C)c2ccc3c(c2-c2csc4cccc1c24)CC=C3. The minimum atomic E-state index is 0.0839. The molecule has 0 amide bonds. The molecule has 3 aromatic rings. The van der Waals surface area contributed by atoms with Crippen molar-refractivity contribution in [3.63, 3.8) is 0 Å². The first-order chi connectivity index (χ1) is 10.2. The van der Waals surface area contributed by atoms with Gasteiger partial charge in [0.25, 0.3) is 0 Å². The van der Waals surface area contributed by atoms with E-state index in [0.29, 0.717) is 0 Å². The van der Waals surface area contributed by atoms with Gasteiger partial charge in [-0.3, -0.25) is 0 Å². The van der Waals surface area contributed by atoms with Crippen molar-refractivity contribution in [1.29, 1.82) is 0 Å². The van der Waals surface area contributed by atoms with Crippen molar-refractivity contribution < 1.29 is 0 Å². The first-order valence-electron chi connectivity index (χ1n) is 7.52. The number of fused-ring (bicyclic) bond motifs is 4. The Bertz CT molecular complexity index is 938. The smallest absolute Gasteiger partial charge is 0.0352 e. The van der Waals surface area contributed by atoms with E-state index in [1.807, 2.05) is 11.3 Å². The first kappa shape index (κ1) is 11.8. The maximum absolute atomic E-state index is 2.37. The van der Waals surface area contributed by atoms with E-state index in [1.54, 1.807) is 0 Å². The molecule has 2 aliphatic rings. The van der Waals surface area contributed by atoms with Gasteiger partial charge >= 0.3 is 0 Å². The third-order valence-electron chi connectivity index (χ3n) is 5.18. The van der Waals surface area contributed by atoms with Crippen molar-refractivity contribution in [1.82, 2.24) is 0 Å². The third-order valence-corrected chi connectivity index (χ3v) is 6.13. The lowest BCUT2D eigenvalue weighted by Crippen LogP contribution is -2.23. The van der Waals surface area contributed by atoms with E-state index in [9.17, 15) is 0 Å². The summed E-state index contributed by atoms with van der Waals surface area (Å²) in [5, 5.41) is 3.85. The Labute approximate surface area is 128 Å². The number of benzene rings is 2. The Morgan fingerprint density at radius 1 is 1.05 bits per heavy atom. The molecule has 2 aromatic carbocycles. The van der Waals surface area contributed by atoms with Gasteiger partial charge in [-0.1, -0.05) is 50.3 Å². The van der Waals surface area contributed by atoms with Crippen molar-refractivity contribution in [2.75, 3.05) is 0 Å². The van der Waals surface area contributed by atoms with Gasteiger partial charge in [-0.25, -0.2) is 0 Å². The summed E-state index contributed by atoms with van der Waals surface area (Å²) in [7, 11) is 0. The van der Waals surface area contributed by atoms with E-state index in [-0.39, 0.29) is 5.41 Å². The molecule has 2 aliphatic carbocycles. The Morgan fingerprint density at radius 3 is 2.86 bits per heavy atom. The normalized spacial score (nSPS) is 17.0. The molecule has 0 bridgehead atoms. The molecule has 1 heteroatoms. The van der Waals surface area contributed by atoms with Crippen molar-refractivity contribution in [3.05, 3.63) is 64.0 Å². The van der Waals surface area contributed by atoms with E-state index in [1.165, 1.54) is 43.5 Å². The maximum atomic E-state index is 2.37.